The van der Waals surface area contributed by atoms with Gasteiger partial charge in [-0.3, -0.25) is 9.52 Å². The van der Waals surface area contributed by atoms with Crippen LogP contribution in [-0.2, 0) is 14.8 Å². The number of nitrogens with one attached hydrogen (secondary N) is 2. The minimum absolute atomic E-state index is 0.0423. The highest BCUT2D eigenvalue weighted by Gasteiger charge is 2.09. The monoisotopic (exact) mass is 298 g/mol. The Balaban J connectivity index is 2.63. The van der Waals surface area contributed by atoms with Crippen LogP contribution >= 0.6 is 0 Å². The molecule has 0 saturated carbocycles. The number of carbonyl (C=O) groups excluding carboxylic acids is 1. The van der Waals surface area contributed by atoms with E-state index in [1.807, 2.05) is 20.8 Å². The van der Waals surface area contributed by atoms with E-state index in [1.54, 1.807) is 24.3 Å². The van der Waals surface area contributed by atoms with Gasteiger partial charge in [-0.25, -0.2) is 8.42 Å². The summed E-state index contributed by atoms with van der Waals surface area (Å²) in [4.78, 5) is 11.6. The van der Waals surface area contributed by atoms with E-state index >= 15 is 0 Å². The first-order valence-electron chi connectivity index (χ1n) is 6.73. The summed E-state index contributed by atoms with van der Waals surface area (Å²) >= 11 is 0. The second-order valence-electron chi connectivity index (χ2n) is 5.14. The van der Waals surface area contributed by atoms with E-state index in [4.69, 9.17) is 0 Å². The van der Waals surface area contributed by atoms with Gasteiger partial charge in [-0.15, -0.1) is 0 Å². The molecule has 20 heavy (non-hydrogen) atoms. The smallest absolute Gasteiger partial charge is 0.232 e. The summed E-state index contributed by atoms with van der Waals surface area (Å²) in [6, 6.07) is 6.64. The number of amides is 1. The Morgan fingerprint density at radius 3 is 2.20 bits per heavy atom. The van der Waals surface area contributed by atoms with Crippen LogP contribution < -0.4 is 10.0 Å². The van der Waals surface area contributed by atoms with E-state index in [2.05, 4.69) is 10.0 Å². The van der Waals surface area contributed by atoms with Crippen molar-refractivity contribution in [3.63, 3.8) is 0 Å². The molecule has 0 saturated heterocycles. The Labute approximate surface area is 120 Å². The van der Waals surface area contributed by atoms with Crippen molar-refractivity contribution in [3.05, 3.63) is 24.3 Å². The zero-order chi connectivity index (χ0) is 15.2. The Bertz CT molecular complexity index is 536. The van der Waals surface area contributed by atoms with Crippen LogP contribution in [-0.4, -0.2) is 20.1 Å². The number of carbonyl (C=O) groups is 1. The fraction of sp³-hybridized carbons (Fsp3) is 0.500. The Kier molecular flexibility index (Phi) is 6.01. The number of rotatable bonds is 7. The van der Waals surface area contributed by atoms with Gasteiger partial charge in [-0.05, 0) is 36.6 Å². The summed E-state index contributed by atoms with van der Waals surface area (Å²) < 4.78 is 25.7. The lowest BCUT2D eigenvalue weighted by Gasteiger charge is -2.09. The quantitative estimate of drug-likeness (QED) is 0.812. The number of benzene rings is 1. The molecule has 0 aliphatic carbocycles. The average molecular weight is 298 g/mol. The molecule has 0 atom stereocenters. The van der Waals surface area contributed by atoms with E-state index in [1.165, 1.54) is 0 Å². The topological polar surface area (TPSA) is 75.3 Å². The highest BCUT2D eigenvalue weighted by molar-refractivity contribution is 7.92. The third-order valence-corrected chi connectivity index (χ3v) is 4.00. The van der Waals surface area contributed by atoms with Crippen molar-refractivity contribution in [2.24, 2.45) is 5.92 Å². The maximum atomic E-state index is 11.6. The van der Waals surface area contributed by atoms with Crippen molar-refractivity contribution in [2.75, 3.05) is 15.8 Å². The number of anilines is 2. The molecule has 0 bridgehead atoms. The Morgan fingerprint density at radius 1 is 1.15 bits per heavy atom. The molecule has 0 unspecified atom stereocenters. The van der Waals surface area contributed by atoms with E-state index < -0.39 is 10.0 Å². The van der Waals surface area contributed by atoms with Crippen LogP contribution in [0.5, 0.6) is 0 Å². The predicted octanol–water partition coefficient (Wildman–Crippen LogP) is 2.82. The van der Waals surface area contributed by atoms with E-state index in [0.29, 0.717) is 30.1 Å². The van der Waals surface area contributed by atoms with Crippen molar-refractivity contribution in [1.29, 1.82) is 0 Å². The fourth-order valence-corrected chi connectivity index (χ4v) is 2.84. The molecule has 5 nitrogen and oxygen atoms in total. The van der Waals surface area contributed by atoms with Gasteiger partial charge < -0.3 is 5.32 Å². The third kappa shape index (κ3) is 6.06. The minimum Gasteiger partial charge on any atom is -0.326 e. The standard InChI is InChI=1S/C14H22N2O3S/c1-4-9-20(18,19)16-13-7-5-12(6-8-13)15-14(17)10-11(2)3/h5-8,11,16H,4,9-10H2,1-3H3,(H,15,17). The van der Waals surface area contributed by atoms with Crippen molar-refractivity contribution in [2.45, 2.75) is 33.6 Å². The highest BCUT2D eigenvalue weighted by Crippen LogP contribution is 2.16. The van der Waals surface area contributed by atoms with Crippen molar-refractivity contribution < 1.29 is 13.2 Å². The summed E-state index contributed by atoms with van der Waals surface area (Å²) in [7, 11) is -3.27. The van der Waals surface area contributed by atoms with Crippen LogP contribution in [0.4, 0.5) is 11.4 Å². The molecule has 1 aromatic carbocycles. The molecule has 1 aromatic rings. The summed E-state index contributed by atoms with van der Waals surface area (Å²) in [6.45, 7) is 5.77. The molecule has 0 fully saturated rings. The first-order valence-corrected chi connectivity index (χ1v) is 8.38. The molecular formula is C14H22N2O3S. The maximum absolute atomic E-state index is 11.6. The molecule has 0 heterocycles. The molecule has 112 valence electrons. The van der Waals surface area contributed by atoms with Crippen LogP contribution in [0, 0.1) is 5.92 Å². The number of hydrogen-bond donors (Lipinski definition) is 2. The summed E-state index contributed by atoms with van der Waals surface area (Å²) in [6.07, 6.45) is 1.03. The molecule has 2 N–H and O–H groups in total. The molecule has 0 aliphatic heterocycles. The number of sulfonamides is 1. The summed E-state index contributed by atoms with van der Waals surface area (Å²) in [5.74, 6) is 0.356. The normalized spacial score (nSPS) is 11.4. The molecular weight excluding hydrogens is 276 g/mol. The molecule has 0 aromatic heterocycles. The van der Waals surface area contributed by atoms with Crippen molar-refractivity contribution in [1.82, 2.24) is 0 Å². The van der Waals surface area contributed by atoms with Gasteiger partial charge >= 0.3 is 0 Å². The average Bonchev–Trinajstić information content (AvgIpc) is 2.30. The van der Waals surface area contributed by atoms with Gasteiger partial charge in [0, 0.05) is 17.8 Å². The first-order chi connectivity index (χ1) is 9.32. The third-order valence-electron chi connectivity index (χ3n) is 2.51. The number of hydrogen-bond acceptors (Lipinski definition) is 3. The lowest BCUT2D eigenvalue weighted by Crippen LogP contribution is -2.16. The summed E-state index contributed by atoms with van der Waals surface area (Å²) in [5.41, 5.74) is 1.16. The second-order valence-corrected chi connectivity index (χ2v) is 6.99. The molecule has 1 amide bonds. The molecule has 6 heteroatoms. The first kappa shape index (κ1) is 16.5. The van der Waals surface area contributed by atoms with Gasteiger partial charge in [0.25, 0.3) is 0 Å². The van der Waals surface area contributed by atoms with Crippen molar-refractivity contribution >= 4 is 27.3 Å². The zero-order valence-electron chi connectivity index (χ0n) is 12.1. The van der Waals surface area contributed by atoms with Gasteiger partial charge in [0.2, 0.25) is 15.9 Å². The SMILES string of the molecule is CCCS(=O)(=O)Nc1ccc(NC(=O)CC(C)C)cc1. The fourth-order valence-electron chi connectivity index (χ4n) is 1.70. The lowest BCUT2D eigenvalue weighted by atomic mass is 10.1. The predicted molar refractivity (Wildman–Crippen MR) is 82.2 cm³/mol. The van der Waals surface area contributed by atoms with E-state index in [0.717, 1.165) is 0 Å². The van der Waals surface area contributed by atoms with E-state index in [9.17, 15) is 13.2 Å². The highest BCUT2D eigenvalue weighted by atomic mass is 32.2. The largest absolute Gasteiger partial charge is 0.326 e. The van der Waals surface area contributed by atoms with Crippen LogP contribution in [0.15, 0.2) is 24.3 Å². The van der Waals surface area contributed by atoms with Gasteiger partial charge in [-0.2, -0.15) is 0 Å². The molecule has 0 aliphatic rings. The zero-order valence-corrected chi connectivity index (χ0v) is 13.0. The van der Waals surface area contributed by atoms with Gasteiger partial charge in [0.15, 0.2) is 0 Å². The minimum atomic E-state index is -3.27. The molecule has 0 radical (unpaired) electrons. The Morgan fingerprint density at radius 2 is 1.70 bits per heavy atom. The van der Waals surface area contributed by atoms with Gasteiger partial charge in [0.05, 0.1) is 5.75 Å². The summed E-state index contributed by atoms with van der Waals surface area (Å²) in [5, 5.41) is 2.77. The Hall–Kier alpha value is -1.56. The van der Waals surface area contributed by atoms with Crippen LogP contribution in [0.3, 0.4) is 0 Å². The molecule has 0 spiro atoms. The van der Waals surface area contributed by atoms with Crippen LogP contribution in [0.1, 0.15) is 33.6 Å². The van der Waals surface area contributed by atoms with Gasteiger partial charge in [-0.1, -0.05) is 20.8 Å². The molecule has 1 rings (SSSR count). The lowest BCUT2D eigenvalue weighted by molar-refractivity contribution is -0.116. The van der Waals surface area contributed by atoms with Crippen LogP contribution in [0.2, 0.25) is 0 Å². The second kappa shape index (κ2) is 7.28. The van der Waals surface area contributed by atoms with E-state index in [-0.39, 0.29) is 11.7 Å². The maximum Gasteiger partial charge on any atom is 0.232 e. The van der Waals surface area contributed by atoms with Crippen molar-refractivity contribution in [3.8, 4) is 0 Å². The van der Waals surface area contributed by atoms with Crippen LogP contribution in [0.25, 0.3) is 0 Å². The van der Waals surface area contributed by atoms with Gasteiger partial charge in [0.1, 0.15) is 0 Å².